The Labute approximate surface area is 70.7 Å². The first kappa shape index (κ1) is 10.7. The van der Waals surface area contributed by atoms with Gasteiger partial charge in [0.15, 0.2) is 0 Å². The molecular formula is C10H21N. The van der Waals surface area contributed by atoms with Crippen LogP contribution in [0.4, 0.5) is 0 Å². The number of hydrogen-bond donors (Lipinski definition) is 1. The molecule has 1 nitrogen and oxygen atoms in total. The van der Waals surface area contributed by atoms with Crippen molar-refractivity contribution < 1.29 is 0 Å². The molecule has 1 atom stereocenters. The molecule has 2 N–H and O–H groups in total. The summed E-state index contributed by atoms with van der Waals surface area (Å²) in [5.41, 5.74) is 5.87. The van der Waals surface area contributed by atoms with Crippen molar-refractivity contribution in [3.8, 4) is 0 Å². The van der Waals surface area contributed by atoms with Gasteiger partial charge in [-0.3, -0.25) is 0 Å². The van der Waals surface area contributed by atoms with Crippen molar-refractivity contribution in [3.63, 3.8) is 0 Å². The van der Waals surface area contributed by atoms with Crippen LogP contribution in [0.1, 0.15) is 34.6 Å². The first-order valence-corrected chi connectivity index (χ1v) is 4.34. The van der Waals surface area contributed by atoms with E-state index in [1.165, 1.54) is 0 Å². The molecule has 0 fully saturated rings. The van der Waals surface area contributed by atoms with Crippen molar-refractivity contribution in [3.05, 3.63) is 12.2 Å². The predicted molar refractivity (Wildman–Crippen MR) is 51.4 cm³/mol. The zero-order valence-electron chi connectivity index (χ0n) is 8.39. The Balaban J connectivity index is 4.11. The molecule has 0 aromatic carbocycles. The number of rotatable bonds is 3. The van der Waals surface area contributed by atoms with Crippen LogP contribution in [-0.4, -0.2) is 5.54 Å². The van der Waals surface area contributed by atoms with E-state index in [1.807, 2.05) is 0 Å². The molecule has 0 amide bonds. The van der Waals surface area contributed by atoms with Crippen molar-refractivity contribution in [2.75, 3.05) is 0 Å². The Morgan fingerprint density at radius 3 is 1.91 bits per heavy atom. The third kappa shape index (κ3) is 4.20. The Kier molecular flexibility index (Phi) is 3.81. The van der Waals surface area contributed by atoms with Gasteiger partial charge in [0.25, 0.3) is 0 Å². The summed E-state index contributed by atoms with van der Waals surface area (Å²) >= 11 is 0. The van der Waals surface area contributed by atoms with Gasteiger partial charge in [0.2, 0.25) is 0 Å². The number of hydrogen-bond acceptors (Lipinski definition) is 1. The Hall–Kier alpha value is -0.300. The standard InChI is InChI=1S/C10H21N/c1-8(2)6-7-10(5,11)9(3)4/h6-9H,11H2,1-5H3/b7-6+. The molecule has 0 aromatic heterocycles. The quantitative estimate of drug-likeness (QED) is 0.623. The third-order valence-corrected chi connectivity index (χ3v) is 2.08. The van der Waals surface area contributed by atoms with Gasteiger partial charge >= 0.3 is 0 Å². The Bertz CT molecular complexity index is 132. The van der Waals surface area contributed by atoms with Crippen LogP contribution < -0.4 is 5.73 Å². The van der Waals surface area contributed by atoms with Crippen LogP contribution in [0.15, 0.2) is 12.2 Å². The Morgan fingerprint density at radius 1 is 1.18 bits per heavy atom. The predicted octanol–water partition coefficient (Wildman–Crippen LogP) is 2.57. The highest BCUT2D eigenvalue weighted by Crippen LogP contribution is 2.15. The molecule has 0 heterocycles. The van der Waals surface area contributed by atoms with Gasteiger partial charge in [-0.2, -0.15) is 0 Å². The molecule has 0 saturated carbocycles. The van der Waals surface area contributed by atoms with Crippen LogP contribution in [0.25, 0.3) is 0 Å². The number of allylic oxidation sites excluding steroid dienone is 1. The second kappa shape index (κ2) is 3.91. The van der Waals surface area contributed by atoms with E-state index in [0.29, 0.717) is 11.8 Å². The smallest absolute Gasteiger partial charge is 0.0333 e. The van der Waals surface area contributed by atoms with Crippen molar-refractivity contribution in [2.45, 2.75) is 40.2 Å². The van der Waals surface area contributed by atoms with Gasteiger partial charge in [-0.15, -0.1) is 0 Å². The molecule has 1 heteroatoms. The van der Waals surface area contributed by atoms with Gasteiger partial charge < -0.3 is 5.73 Å². The first-order valence-electron chi connectivity index (χ1n) is 4.34. The van der Waals surface area contributed by atoms with Gasteiger partial charge in [0.05, 0.1) is 0 Å². The average Bonchev–Trinajstić information content (AvgIpc) is 1.84. The topological polar surface area (TPSA) is 26.0 Å². The van der Waals surface area contributed by atoms with Gasteiger partial charge in [-0.25, -0.2) is 0 Å². The molecular weight excluding hydrogens is 134 g/mol. The fourth-order valence-corrected chi connectivity index (χ4v) is 0.592. The van der Waals surface area contributed by atoms with E-state index in [-0.39, 0.29) is 5.54 Å². The SMILES string of the molecule is CC(C)/C=C/C(C)(N)C(C)C. The summed E-state index contributed by atoms with van der Waals surface area (Å²) in [6.07, 6.45) is 4.28. The summed E-state index contributed by atoms with van der Waals surface area (Å²) in [6, 6.07) is 0. The maximum atomic E-state index is 6.02. The zero-order chi connectivity index (χ0) is 9.07. The lowest BCUT2D eigenvalue weighted by atomic mass is 9.88. The molecule has 0 aliphatic carbocycles. The van der Waals surface area contributed by atoms with E-state index in [4.69, 9.17) is 5.73 Å². The van der Waals surface area contributed by atoms with Crippen molar-refractivity contribution in [1.82, 2.24) is 0 Å². The molecule has 66 valence electrons. The molecule has 0 saturated heterocycles. The van der Waals surface area contributed by atoms with E-state index in [1.54, 1.807) is 0 Å². The normalized spacial score (nSPS) is 18.2. The summed E-state index contributed by atoms with van der Waals surface area (Å²) in [4.78, 5) is 0. The highest BCUT2D eigenvalue weighted by molar-refractivity contribution is 5.04. The lowest BCUT2D eigenvalue weighted by molar-refractivity contribution is 0.417. The van der Waals surface area contributed by atoms with Crippen LogP contribution in [0.5, 0.6) is 0 Å². The molecule has 0 aliphatic rings. The molecule has 0 aromatic rings. The summed E-state index contributed by atoms with van der Waals surface area (Å²) in [5.74, 6) is 1.09. The molecule has 0 spiro atoms. The maximum Gasteiger partial charge on any atom is 0.0333 e. The Morgan fingerprint density at radius 2 is 1.64 bits per heavy atom. The maximum absolute atomic E-state index is 6.02. The second-order valence-electron chi connectivity index (χ2n) is 4.12. The number of nitrogens with two attached hydrogens (primary N) is 1. The summed E-state index contributed by atoms with van der Waals surface area (Å²) in [5, 5.41) is 0. The third-order valence-electron chi connectivity index (χ3n) is 2.08. The largest absolute Gasteiger partial charge is 0.322 e. The molecule has 0 aliphatic heterocycles. The van der Waals surface area contributed by atoms with Crippen molar-refractivity contribution in [2.24, 2.45) is 17.6 Å². The molecule has 0 bridgehead atoms. The minimum absolute atomic E-state index is 0.149. The minimum Gasteiger partial charge on any atom is -0.322 e. The second-order valence-corrected chi connectivity index (χ2v) is 4.12. The van der Waals surface area contributed by atoms with Gasteiger partial charge in [-0.05, 0) is 18.8 Å². The van der Waals surface area contributed by atoms with Crippen molar-refractivity contribution in [1.29, 1.82) is 0 Å². The van der Waals surface area contributed by atoms with Crippen LogP contribution in [-0.2, 0) is 0 Å². The highest BCUT2D eigenvalue weighted by atomic mass is 14.7. The lowest BCUT2D eigenvalue weighted by Gasteiger charge is -2.25. The van der Waals surface area contributed by atoms with Crippen LogP contribution in [0.3, 0.4) is 0 Å². The molecule has 11 heavy (non-hydrogen) atoms. The van der Waals surface area contributed by atoms with E-state index in [9.17, 15) is 0 Å². The summed E-state index contributed by atoms with van der Waals surface area (Å²) in [7, 11) is 0. The minimum atomic E-state index is -0.149. The first-order chi connectivity index (χ1) is 4.86. The lowest BCUT2D eigenvalue weighted by Crippen LogP contribution is -2.39. The summed E-state index contributed by atoms with van der Waals surface area (Å²) < 4.78 is 0. The van der Waals surface area contributed by atoms with Crippen LogP contribution in [0.2, 0.25) is 0 Å². The molecule has 0 rings (SSSR count). The molecule has 0 radical (unpaired) electrons. The fourth-order valence-electron chi connectivity index (χ4n) is 0.592. The monoisotopic (exact) mass is 155 g/mol. The van der Waals surface area contributed by atoms with E-state index >= 15 is 0 Å². The molecule has 1 unspecified atom stereocenters. The van der Waals surface area contributed by atoms with Crippen molar-refractivity contribution >= 4 is 0 Å². The fraction of sp³-hybridized carbons (Fsp3) is 0.800. The van der Waals surface area contributed by atoms with Gasteiger partial charge in [0, 0.05) is 5.54 Å². The summed E-state index contributed by atoms with van der Waals surface area (Å²) in [6.45, 7) is 10.7. The zero-order valence-corrected chi connectivity index (χ0v) is 8.39. The van der Waals surface area contributed by atoms with Gasteiger partial charge in [-0.1, -0.05) is 39.8 Å². The van der Waals surface area contributed by atoms with E-state index in [0.717, 1.165) is 0 Å². The van der Waals surface area contributed by atoms with Crippen LogP contribution >= 0.6 is 0 Å². The van der Waals surface area contributed by atoms with Gasteiger partial charge in [0.1, 0.15) is 0 Å². The van der Waals surface area contributed by atoms with E-state index in [2.05, 4.69) is 46.8 Å². The highest BCUT2D eigenvalue weighted by Gasteiger charge is 2.18. The van der Waals surface area contributed by atoms with E-state index < -0.39 is 0 Å². The average molecular weight is 155 g/mol. The van der Waals surface area contributed by atoms with Crippen LogP contribution in [0, 0.1) is 11.8 Å².